The van der Waals surface area contributed by atoms with Crippen LogP contribution in [-0.2, 0) is 32.8 Å². The zero-order valence-electron chi connectivity index (χ0n) is 20.9. The highest BCUT2D eigenvalue weighted by atomic mass is 16.2. The Morgan fingerprint density at radius 3 is 1.61 bits per heavy atom. The molecule has 0 aromatic heterocycles. The summed E-state index contributed by atoms with van der Waals surface area (Å²) in [6, 6.07) is 23.5. The van der Waals surface area contributed by atoms with Crippen molar-refractivity contribution in [1.82, 2.24) is 16.0 Å². The van der Waals surface area contributed by atoms with Gasteiger partial charge in [0.15, 0.2) is 0 Å². The van der Waals surface area contributed by atoms with E-state index in [0.29, 0.717) is 0 Å². The van der Waals surface area contributed by atoms with Crippen LogP contribution in [0.2, 0.25) is 0 Å². The number of fused-ring (bicyclic) bond motifs is 1. The van der Waals surface area contributed by atoms with Crippen molar-refractivity contribution in [3.63, 3.8) is 0 Å². The third kappa shape index (κ3) is 5.25. The van der Waals surface area contributed by atoms with Gasteiger partial charge in [0, 0.05) is 24.9 Å². The van der Waals surface area contributed by atoms with Crippen LogP contribution in [0.1, 0.15) is 23.1 Å². The molecule has 1 saturated heterocycles. The average Bonchev–Trinajstić information content (AvgIpc) is 3.18. The van der Waals surface area contributed by atoms with Crippen LogP contribution in [0.3, 0.4) is 0 Å². The van der Waals surface area contributed by atoms with Gasteiger partial charge in [-0.05, 0) is 22.8 Å². The third-order valence-corrected chi connectivity index (χ3v) is 7.30. The zero-order chi connectivity index (χ0) is 26.7. The number of para-hydroxylation sites is 1. The van der Waals surface area contributed by atoms with Crippen LogP contribution >= 0.6 is 0 Å². The lowest BCUT2D eigenvalue weighted by Gasteiger charge is -2.33. The first kappa shape index (κ1) is 25.4. The third-order valence-electron chi connectivity index (χ3n) is 7.30. The van der Waals surface area contributed by atoms with Crippen LogP contribution in [0, 0.1) is 0 Å². The number of carbonyl (C=O) groups is 3. The molecule has 2 aliphatic heterocycles. The van der Waals surface area contributed by atoms with Gasteiger partial charge in [-0.15, -0.1) is 0 Å². The maximum absolute atomic E-state index is 13.6. The van der Waals surface area contributed by atoms with Crippen LogP contribution in [0.15, 0.2) is 84.9 Å². The lowest BCUT2D eigenvalue weighted by Crippen LogP contribution is -2.59. The first-order chi connectivity index (χ1) is 18.3. The number of amides is 3. The zero-order valence-corrected chi connectivity index (χ0v) is 20.9. The van der Waals surface area contributed by atoms with Crippen molar-refractivity contribution in [2.75, 3.05) is 5.32 Å². The van der Waals surface area contributed by atoms with E-state index in [2.05, 4.69) is 21.3 Å². The topological polar surface area (TPSA) is 151 Å². The van der Waals surface area contributed by atoms with Crippen LogP contribution in [0.25, 0.3) is 0 Å². The summed E-state index contributed by atoms with van der Waals surface area (Å²) in [5.41, 5.74) is 15.4. The smallest absolute Gasteiger partial charge is 0.243 e. The molecule has 0 saturated carbocycles. The molecule has 0 unspecified atom stereocenters. The second kappa shape index (κ2) is 10.6. The molecule has 5 atom stereocenters. The highest BCUT2D eigenvalue weighted by Gasteiger charge is 2.46. The molecule has 3 amide bonds. The summed E-state index contributed by atoms with van der Waals surface area (Å²) in [5.74, 6) is -1.37. The van der Waals surface area contributed by atoms with E-state index < -0.39 is 47.6 Å². The monoisotopic (exact) mass is 512 g/mol. The van der Waals surface area contributed by atoms with Gasteiger partial charge in [-0.25, -0.2) is 0 Å². The number of nitrogens with two attached hydrogens (primary N) is 2. The number of hydrogen-bond acceptors (Lipinski definition) is 6. The number of nitrogens with one attached hydrogen (secondary N) is 4. The fraction of sp³-hybridized carbons (Fsp3) is 0.276. The van der Waals surface area contributed by atoms with E-state index in [1.165, 1.54) is 0 Å². The van der Waals surface area contributed by atoms with Crippen molar-refractivity contribution in [1.29, 1.82) is 0 Å². The molecule has 38 heavy (non-hydrogen) atoms. The summed E-state index contributed by atoms with van der Waals surface area (Å²) in [7, 11) is 0. The summed E-state index contributed by atoms with van der Waals surface area (Å²) in [5, 5.41) is 11.8. The molecule has 1 fully saturated rings. The van der Waals surface area contributed by atoms with Crippen molar-refractivity contribution in [3.05, 3.63) is 102 Å². The number of anilines is 1. The molecule has 2 aliphatic rings. The molecule has 9 heteroatoms. The lowest BCUT2D eigenvalue weighted by molar-refractivity contribution is -0.130. The molecule has 3 aromatic rings. The molecule has 2 heterocycles. The molecular formula is C29H32N6O3. The van der Waals surface area contributed by atoms with Gasteiger partial charge in [-0.3, -0.25) is 14.4 Å². The summed E-state index contributed by atoms with van der Waals surface area (Å²) in [6.45, 7) is 0. The maximum atomic E-state index is 13.6. The largest absolute Gasteiger partial charge is 0.368 e. The molecule has 3 aromatic carbocycles. The molecule has 0 bridgehead atoms. The van der Waals surface area contributed by atoms with E-state index in [0.717, 1.165) is 22.4 Å². The molecule has 5 rings (SSSR count). The summed E-state index contributed by atoms with van der Waals surface area (Å²) >= 11 is 0. The Balaban J connectivity index is 1.46. The molecule has 0 spiro atoms. The van der Waals surface area contributed by atoms with Crippen molar-refractivity contribution in [2.45, 2.75) is 49.1 Å². The van der Waals surface area contributed by atoms with E-state index >= 15 is 0 Å². The Morgan fingerprint density at radius 2 is 1.05 bits per heavy atom. The average molecular weight is 513 g/mol. The quantitative estimate of drug-likeness (QED) is 0.289. The van der Waals surface area contributed by atoms with Crippen molar-refractivity contribution < 1.29 is 14.4 Å². The Kier molecular flexibility index (Phi) is 7.13. The minimum absolute atomic E-state index is 0.0417. The van der Waals surface area contributed by atoms with Gasteiger partial charge in [0.1, 0.15) is 18.1 Å². The lowest BCUT2D eigenvalue weighted by atomic mass is 9.84. The summed E-state index contributed by atoms with van der Waals surface area (Å²) in [6.07, 6.45) is -0.0818. The maximum Gasteiger partial charge on any atom is 0.243 e. The van der Waals surface area contributed by atoms with E-state index in [-0.39, 0.29) is 19.3 Å². The Hall–Kier alpha value is -4.21. The van der Waals surface area contributed by atoms with E-state index in [9.17, 15) is 14.4 Å². The summed E-state index contributed by atoms with van der Waals surface area (Å²) < 4.78 is 0. The van der Waals surface area contributed by atoms with Gasteiger partial charge < -0.3 is 32.7 Å². The van der Waals surface area contributed by atoms with Crippen molar-refractivity contribution >= 4 is 23.4 Å². The predicted molar refractivity (Wildman–Crippen MR) is 145 cm³/mol. The van der Waals surface area contributed by atoms with Crippen LogP contribution in [0.5, 0.6) is 0 Å². The van der Waals surface area contributed by atoms with Crippen LogP contribution < -0.4 is 32.7 Å². The molecule has 0 radical (unpaired) electrons. The Labute approximate surface area is 221 Å². The Morgan fingerprint density at radius 1 is 0.605 bits per heavy atom. The SMILES string of the molecule is N[C@@H]1Nc2ccccc2[C@]1(N)C[C@@H]1NC(=O)[C@@H](Cc2ccccc2)NC(=O)[C@H](Cc2ccccc2)NC1=O. The van der Waals surface area contributed by atoms with Gasteiger partial charge in [-0.1, -0.05) is 78.9 Å². The van der Waals surface area contributed by atoms with Gasteiger partial charge in [0.25, 0.3) is 0 Å². The van der Waals surface area contributed by atoms with E-state index in [4.69, 9.17) is 11.5 Å². The number of rotatable bonds is 6. The van der Waals surface area contributed by atoms with Crippen molar-refractivity contribution in [3.8, 4) is 0 Å². The van der Waals surface area contributed by atoms with Crippen molar-refractivity contribution in [2.24, 2.45) is 11.5 Å². The number of hydrogen-bond donors (Lipinski definition) is 6. The van der Waals surface area contributed by atoms with Crippen LogP contribution in [0.4, 0.5) is 5.69 Å². The minimum atomic E-state index is -1.12. The van der Waals surface area contributed by atoms with Gasteiger partial charge in [-0.2, -0.15) is 0 Å². The van der Waals surface area contributed by atoms with Crippen LogP contribution in [-0.4, -0.2) is 42.0 Å². The second-order valence-electron chi connectivity index (χ2n) is 9.98. The molecule has 9 nitrogen and oxygen atoms in total. The van der Waals surface area contributed by atoms with Gasteiger partial charge >= 0.3 is 0 Å². The van der Waals surface area contributed by atoms with E-state index in [1.54, 1.807) is 0 Å². The Bertz CT molecular complexity index is 1280. The highest BCUT2D eigenvalue weighted by molar-refractivity contribution is 5.97. The highest BCUT2D eigenvalue weighted by Crippen LogP contribution is 2.38. The van der Waals surface area contributed by atoms with E-state index in [1.807, 2.05) is 84.9 Å². The van der Waals surface area contributed by atoms with Gasteiger partial charge in [0.05, 0.1) is 11.7 Å². The standard InChI is InChI=1S/C29H32N6O3/c30-28-29(31,20-13-7-8-14-21(20)35-28)17-24-27(38)33-22(15-18-9-3-1-4-10-18)25(36)32-23(26(37)34-24)16-19-11-5-2-6-12-19/h1-14,22-24,28,35H,15-17,30-31H2,(H,32,36)(H,33,38)(H,34,37)/t22-,23+,24-,28+,29+/m0/s1. The normalized spacial score (nSPS) is 27.1. The fourth-order valence-corrected chi connectivity index (χ4v) is 5.20. The minimum Gasteiger partial charge on any atom is -0.368 e. The molecule has 0 aliphatic carbocycles. The molecule has 8 N–H and O–H groups in total. The predicted octanol–water partition coefficient (Wildman–Crippen LogP) is 0.894. The van der Waals surface area contributed by atoms with Gasteiger partial charge in [0.2, 0.25) is 17.7 Å². The molecule has 196 valence electrons. The number of benzene rings is 3. The molecular weight excluding hydrogens is 480 g/mol. The fourth-order valence-electron chi connectivity index (χ4n) is 5.20. The first-order valence-corrected chi connectivity index (χ1v) is 12.7. The second-order valence-corrected chi connectivity index (χ2v) is 9.98. The summed E-state index contributed by atoms with van der Waals surface area (Å²) in [4.78, 5) is 40.5. The number of carbonyl (C=O) groups excluding carboxylic acids is 3. The first-order valence-electron chi connectivity index (χ1n) is 12.7.